The Kier molecular flexibility index (Phi) is 4.16. The molecule has 0 saturated carbocycles. The normalized spacial score (nSPS) is 21.5. The second kappa shape index (κ2) is 5.51. The second-order valence-corrected chi connectivity index (χ2v) is 6.92. The van der Waals surface area contributed by atoms with Gasteiger partial charge in [-0.1, -0.05) is 6.07 Å². The summed E-state index contributed by atoms with van der Waals surface area (Å²) < 4.78 is 5.45. The van der Waals surface area contributed by atoms with Gasteiger partial charge in [0.2, 0.25) is 0 Å². The molecule has 1 aromatic heterocycles. The lowest BCUT2D eigenvalue weighted by Crippen LogP contribution is -2.50. The Bertz CT molecular complexity index is 425. The first-order valence-electron chi connectivity index (χ1n) is 6.58. The molecular formula is C14H22N2O2S. The van der Waals surface area contributed by atoms with Gasteiger partial charge in [0.05, 0.1) is 6.04 Å². The molecule has 1 aromatic rings. The maximum Gasteiger partial charge on any atom is 0.410 e. The van der Waals surface area contributed by atoms with Gasteiger partial charge in [-0.25, -0.2) is 4.79 Å². The van der Waals surface area contributed by atoms with E-state index in [2.05, 4.69) is 29.5 Å². The third-order valence-electron chi connectivity index (χ3n) is 3.17. The molecule has 0 aromatic carbocycles. The Morgan fingerprint density at radius 1 is 1.42 bits per heavy atom. The fourth-order valence-corrected chi connectivity index (χ4v) is 3.04. The third-order valence-corrected chi connectivity index (χ3v) is 4.14. The Morgan fingerprint density at radius 3 is 2.74 bits per heavy atom. The van der Waals surface area contributed by atoms with E-state index in [0.717, 1.165) is 13.1 Å². The molecule has 4 nitrogen and oxygen atoms in total. The van der Waals surface area contributed by atoms with Gasteiger partial charge >= 0.3 is 6.09 Å². The number of hydrogen-bond acceptors (Lipinski definition) is 4. The van der Waals surface area contributed by atoms with Crippen LogP contribution >= 0.6 is 11.3 Å². The maximum atomic E-state index is 12.1. The summed E-state index contributed by atoms with van der Waals surface area (Å²) in [5.41, 5.74) is -0.432. The number of likely N-dealkylation sites (N-methyl/N-ethyl adjacent to an activating group) is 1. The van der Waals surface area contributed by atoms with Crippen molar-refractivity contribution in [1.29, 1.82) is 0 Å². The summed E-state index contributed by atoms with van der Waals surface area (Å²) in [5, 5.41) is 2.08. The zero-order valence-electron chi connectivity index (χ0n) is 12.0. The van der Waals surface area contributed by atoms with E-state index in [1.807, 2.05) is 25.7 Å². The Hall–Kier alpha value is -1.07. The number of carbonyl (C=O) groups is 1. The molecule has 1 saturated heterocycles. The number of rotatable bonds is 1. The first-order valence-corrected chi connectivity index (χ1v) is 7.46. The molecule has 1 aliphatic heterocycles. The lowest BCUT2D eigenvalue weighted by atomic mass is 10.1. The predicted molar refractivity (Wildman–Crippen MR) is 77.5 cm³/mol. The van der Waals surface area contributed by atoms with Gasteiger partial charge in [-0.05, 0) is 39.3 Å². The summed E-state index contributed by atoms with van der Waals surface area (Å²) in [6, 6.07) is 4.46. The van der Waals surface area contributed by atoms with Gasteiger partial charge in [0.1, 0.15) is 5.60 Å². The topological polar surface area (TPSA) is 32.8 Å². The highest BCUT2D eigenvalue weighted by atomic mass is 32.1. The van der Waals surface area contributed by atoms with Crippen LogP contribution in [-0.4, -0.2) is 48.2 Å². The molecule has 1 unspecified atom stereocenters. The Labute approximate surface area is 119 Å². The van der Waals surface area contributed by atoms with Crippen molar-refractivity contribution in [3.8, 4) is 0 Å². The molecule has 0 aliphatic carbocycles. The molecule has 0 bridgehead atoms. The summed E-state index contributed by atoms with van der Waals surface area (Å²) in [6.07, 6.45) is -0.206. The standard InChI is InChI=1S/C14H22N2O2S/c1-14(2,3)18-13(17)16-8-7-15(4)11(10-16)12-6-5-9-19-12/h5-6,9,11H,7-8,10H2,1-4H3. The minimum atomic E-state index is -0.432. The van der Waals surface area contributed by atoms with Crippen LogP contribution < -0.4 is 0 Å². The van der Waals surface area contributed by atoms with Gasteiger partial charge in [-0.3, -0.25) is 4.90 Å². The summed E-state index contributed by atoms with van der Waals surface area (Å²) >= 11 is 1.74. The first-order chi connectivity index (χ1) is 8.87. The van der Waals surface area contributed by atoms with Crippen LogP contribution in [0.2, 0.25) is 0 Å². The molecule has 19 heavy (non-hydrogen) atoms. The summed E-state index contributed by atoms with van der Waals surface area (Å²) in [7, 11) is 2.11. The van der Waals surface area contributed by atoms with E-state index in [-0.39, 0.29) is 12.1 Å². The summed E-state index contributed by atoms with van der Waals surface area (Å²) in [6.45, 7) is 8.01. The van der Waals surface area contributed by atoms with Crippen LogP contribution in [-0.2, 0) is 4.74 Å². The zero-order valence-corrected chi connectivity index (χ0v) is 12.9. The molecule has 1 amide bonds. The van der Waals surface area contributed by atoms with Crippen molar-refractivity contribution >= 4 is 17.4 Å². The number of ether oxygens (including phenoxy) is 1. The van der Waals surface area contributed by atoms with Crippen LogP contribution in [0.5, 0.6) is 0 Å². The minimum Gasteiger partial charge on any atom is -0.444 e. The molecule has 0 spiro atoms. The van der Waals surface area contributed by atoms with Gasteiger partial charge in [-0.15, -0.1) is 11.3 Å². The van der Waals surface area contributed by atoms with Crippen molar-refractivity contribution in [2.24, 2.45) is 0 Å². The largest absolute Gasteiger partial charge is 0.444 e. The maximum absolute atomic E-state index is 12.1. The van der Waals surface area contributed by atoms with Gasteiger partial charge in [0.15, 0.2) is 0 Å². The van der Waals surface area contributed by atoms with Gasteiger partial charge in [0, 0.05) is 24.5 Å². The highest BCUT2D eigenvalue weighted by molar-refractivity contribution is 7.10. The van der Waals surface area contributed by atoms with Crippen molar-refractivity contribution in [1.82, 2.24) is 9.80 Å². The van der Waals surface area contributed by atoms with E-state index in [0.29, 0.717) is 6.54 Å². The molecule has 5 heteroatoms. The van der Waals surface area contributed by atoms with Crippen LogP contribution in [0.25, 0.3) is 0 Å². The van der Waals surface area contributed by atoms with Gasteiger partial charge < -0.3 is 9.64 Å². The van der Waals surface area contributed by atoms with E-state index >= 15 is 0 Å². The lowest BCUT2D eigenvalue weighted by molar-refractivity contribution is 0.00772. The van der Waals surface area contributed by atoms with Crippen LogP contribution in [0.3, 0.4) is 0 Å². The Balaban J connectivity index is 2.03. The van der Waals surface area contributed by atoms with Crippen LogP contribution in [0.1, 0.15) is 31.7 Å². The molecule has 0 radical (unpaired) electrons. The van der Waals surface area contributed by atoms with Gasteiger partial charge in [-0.2, -0.15) is 0 Å². The first kappa shape index (κ1) is 14.3. The van der Waals surface area contributed by atoms with Crippen LogP contribution in [0.4, 0.5) is 4.79 Å². The van der Waals surface area contributed by atoms with Crippen molar-refractivity contribution < 1.29 is 9.53 Å². The van der Waals surface area contributed by atoms with E-state index in [1.54, 1.807) is 11.3 Å². The van der Waals surface area contributed by atoms with Crippen LogP contribution in [0, 0.1) is 0 Å². The summed E-state index contributed by atoms with van der Waals surface area (Å²) in [5.74, 6) is 0. The molecular weight excluding hydrogens is 260 g/mol. The molecule has 1 fully saturated rings. The van der Waals surface area contributed by atoms with E-state index in [9.17, 15) is 4.79 Å². The van der Waals surface area contributed by atoms with Gasteiger partial charge in [0.25, 0.3) is 0 Å². The fourth-order valence-electron chi connectivity index (χ4n) is 2.15. The fraction of sp³-hybridized carbons (Fsp3) is 0.643. The van der Waals surface area contributed by atoms with Crippen molar-refractivity contribution in [2.45, 2.75) is 32.4 Å². The van der Waals surface area contributed by atoms with Crippen LogP contribution in [0.15, 0.2) is 17.5 Å². The highest BCUT2D eigenvalue weighted by Gasteiger charge is 2.31. The van der Waals surface area contributed by atoms with Crippen molar-refractivity contribution in [3.05, 3.63) is 22.4 Å². The minimum absolute atomic E-state index is 0.206. The molecule has 2 heterocycles. The number of piperazine rings is 1. The molecule has 2 rings (SSSR count). The number of nitrogens with zero attached hydrogens (tertiary/aromatic N) is 2. The number of hydrogen-bond donors (Lipinski definition) is 0. The molecule has 106 valence electrons. The Morgan fingerprint density at radius 2 is 2.16 bits per heavy atom. The SMILES string of the molecule is CN1CCN(C(=O)OC(C)(C)C)CC1c1cccs1. The second-order valence-electron chi connectivity index (χ2n) is 5.94. The summed E-state index contributed by atoms with van der Waals surface area (Å²) in [4.78, 5) is 17.5. The average Bonchev–Trinajstić information content (AvgIpc) is 2.80. The average molecular weight is 282 g/mol. The predicted octanol–water partition coefficient (Wildman–Crippen LogP) is 2.97. The quantitative estimate of drug-likeness (QED) is 0.794. The highest BCUT2D eigenvalue weighted by Crippen LogP contribution is 2.28. The number of amides is 1. The molecule has 1 atom stereocenters. The van der Waals surface area contributed by atoms with Crippen molar-refractivity contribution in [3.63, 3.8) is 0 Å². The third kappa shape index (κ3) is 3.70. The molecule has 1 aliphatic rings. The van der Waals surface area contributed by atoms with Crippen molar-refractivity contribution in [2.75, 3.05) is 26.7 Å². The number of thiophene rings is 1. The molecule has 0 N–H and O–H groups in total. The van der Waals surface area contributed by atoms with E-state index < -0.39 is 5.60 Å². The lowest BCUT2D eigenvalue weighted by Gasteiger charge is -2.39. The van der Waals surface area contributed by atoms with E-state index in [4.69, 9.17) is 4.74 Å². The zero-order chi connectivity index (χ0) is 14.0. The smallest absolute Gasteiger partial charge is 0.410 e. The van der Waals surface area contributed by atoms with E-state index in [1.165, 1.54) is 4.88 Å². The number of carbonyl (C=O) groups excluding carboxylic acids is 1. The monoisotopic (exact) mass is 282 g/mol.